The summed E-state index contributed by atoms with van der Waals surface area (Å²) in [5, 5.41) is 12.8. The third-order valence-electron chi connectivity index (χ3n) is 9.82. The Morgan fingerprint density at radius 1 is 0.333 bits per heavy atom. The summed E-state index contributed by atoms with van der Waals surface area (Å²) in [6.07, 6.45) is 0. The Hall–Kier alpha value is -5.96. The quantitative estimate of drug-likeness (QED) is 0.176. The number of anilines is 3. The molecule has 10 rings (SSSR count). The first-order chi connectivity index (χ1) is 23.8. The van der Waals surface area contributed by atoms with Crippen LogP contribution in [0.25, 0.3) is 74.4 Å². The Bertz CT molecular complexity index is 2830. The standard InChI is InChI=1S/C46H29NS/c1-2-10-30(11-3-1)31-18-22-34(23-19-31)47(43-29-45-46(41-15-7-6-14-40(41)43)42-16-8-9-17-44(42)48-45)35-24-27-37-33(28-35)21-26-38-36-13-5-4-12-32(36)20-25-39(37)38/h1-29H. The molecule has 0 bridgehead atoms. The zero-order chi connectivity index (χ0) is 31.6. The number of benzene rings is 9. The van der Waals surface area contributed by atoms with Crippen molar-refractivity contribution in [3.8, 4) is 11.1 Å². The minimum Gasteiger partial charge on any atom is -0.310 e. The third kappa shape index (κ3) is 4.24. The molecule has 0 aliphatic carbocycles. The zero-order valence-electron chi connectivity index (χ0n) is 26.1. The Kier molecular flexibility index (Phi) is 6.12. The van der Waals surface area contributed by atoms with Gasteiger partial charge in [0.1, 0.15) is 0 Å². The Balaban J connectivity index is 1.22. The van der Waals surface area contributed by atoms with Crippen molar-refractivity contribution in [2.45, 2.75) is 0 Å². The van der Waals surface area contributed by atoms with Crippen LogP contribution in [0.4, 0.5) is 17.1 Å². The van der Waals surface area contributed by atoms with Gasteiger partial charge in [-0.1, -0.05) is 140 Å². The van der Waals surface area contributed by atoms with E-state index in [-0.39, 0.29) is 0 Å². The lowest BCUT2D eigenvalue weighted by Crippen LogP contribution is -2.10. The van der Waals surface area contributed by atoms with Crippen molar-refractivity contribution in [2.75, 3.05) is 4.90 Å². The number of hydrogen-bond donors (Lipinski definition) is 0. The molecule has 0 atom stereocenters. The van der Waals surface area contributed by atoms with E-state index in [0.717, 1.165) is 11.4 Å². The van der Waals surface area contributed by atoms with E-state index in [2.05, 4.69) is 181 Å². The second kappa shape index (κ2) is 10.8. The molecule has 0 spiro atoms. The zero-order valence-corrected chi connectivity index (χ0v) is 26.9. The molecule has 224 valence electrons. The van der Waals surface area contributed by atoms with E-state index >= 15 is 0 Å². The first kappa shape index (κ1) is 27.2. The van der Waals surface area contributed by atoms with Crippen molar-refractivity contribution in [2.24, 2.45) is 0 Å². The number of hydrogen-bond acceptors (Lipinski definition) is 2. The van der Waals surface area contributed by atoms with E-state index in [0.29, 0.717) is 0 Å². The van der Waals surface area contributed by atoms with Gasteiger partial charge in [0.15, 0.2) is 0 Å². The van der Waals surface area contributed by atoms with E-state index in [1.54, 1.807) is 0 Å². The number of fused-ring (bicyclic) bond motifs is 10. The van der Waals surface area contributed by atoms with Gasteiger partial charge in [-0.05, 0) is 85.2 Å². The molecule has 0 aliphatic heterocycles. The molecule has 48 heavy (non-hydrogen) atoms. The van der Waals surface area contributed by atoms with Gasteiger partial charge in [-0.25, -0.2) is 0 Å². The molecule has 2 heteroatoms. The number of nitrogens with zero attached hydrogens (tertiary/aromatic N) is 1. The summed E-state index contributed by atoms with van der Waals surface area (Å²) >= 11 is 1.88. The van der Waals surface area contributed by atoms with Crippen LogP contribution in [-0.2, 0) is 0 Å². The van der Waals surface area contributed by atoms with E-state index in [1.165, 1.54) is 80.1 Å². The molecule has 1 aromatic heterocycles. The number of rotatable bonds is 4. The highest BCUT2D eigenvalue weighted by Gasteiger charge is 2.20. The van der Waals surface area contributed by atoms with Gasteiger partial charge in [0.2, 0.25) is 0 Å². The topological polar surface area (TPSA) is 3.24 Å². The van der Waals surface area contributed by atoms with Crippen molar-refractivity contribution in [1.82, 2.24) is 0 Å². The fourth-order valence-electron chi connectivity index (χ4n) is 7.57. The van der Waals surface area contributed by atoms with E-state index in [1.807, 2.05) is 11.3 Å². The average molecular weight is 628 g/mol. The van der Waals surface area contributed by atoms with E-state index in [4.69, 9.17) is 0 Å². The van der Waals surface area contributed by atoms with Crippen LogP contribution < -0.4 is 4.90 Å². The molecular formula is C46H29NS. The molecule has 9 aromatic carbocycles. The molecular weight excluding hydrogens is 599 g/mol. The maximum Gasteiger partial charge on any atom is 0.0554 e. The summed E-state index contributed by atoms with van der Waals surface area (Å²) in [6.45, 7) is 0. The molecule has 0 aliphatic rings. The molecule has 1 nitrogen and oxygen atoms in total. The summed E-state index contributed by atoms with van der Waals surface area (Å²) in [4.78, 5) is 2.45. The van der Waals surface area contributed by atoms with Gasteiger partial charge in [-0.3, -0.25) is 0 Å². The normalized spacial score (nSPS) is 11.8. The smallest absolute Gasteiger partial charge is 0.0554 e. The molecule has 0 radical (unpaired) electrons. The first-order valence-corrected chi connectivity index (χ1v) is 17.2. The van der Waals surface area contributed by atoms with Crippen LogP contribution >= 0.6 is 11.3 Å². The lowest BCUT2D eigenvalue weighted by Gasteiger charge is -2.28. The van der Waals surface area contributed by atoms with Crippen molar-refractivity contribution < 1.29 is 0 Å². The summed E-state index contributed by atoms with van der Waals surface area (Å²) in [7, 11) is 0. The highest BCUT2D eigenvalue weighted by Crippen LogP contribution is 2.47. The highest BCUT2D eigenvalue weighted by atomic mass is 32.1. The molecule has 0 unspecified atom stereocenters. The average Bonchev–Trinajstić information content (AvgIpc) is 3.54. The minimum absolute atomic E-state index is 1.13. The SMILES string of the molecule is c1ccc(-c2ccc(N(c3ccc4c(ccc5c6ccccc6ccc45)c3)c3cc4sc5ccccc5c4c4ccccc34)cc2)cc1. The fourth-order valence-corrected chi connectivity index (χ4v) is 8.73. The minimum atomic E-state index is 1.13. The van der Waals surface area contributed by atoms with Crippen molar-refractivity contribution >= 4 is 91.7 Å². The van der Waals surface area contributed by atoms with Gasteiger partial charge < -0.3 is 4.90 Å². The number of thiophene rings is 1. The first-order valence-electron chi connectivity index (χ1n) is 16.4. The van der Waals surface area contributed by atoms with Gasteiger partial charge >= 0.3 is 0 Å². The van der Waals surface area contributed by atoms with Crippen molar-refractivity contribution in [3.05, 3.63) is 176 Å². The molecule has 0 saturated carbocycles. The van der Waals surface area contributed by atoms with Gasteiger partial charge in [0.05, 0.1) is 5.69 Å². The molecule has 0 saturated heterocycles. The summed E-state index contributed by atoms with van der Waals surface area (Å²) in [5.74, 6) is 0. The highest BCUT2D eigenvalue weighted by molar-refractivity contribution is 7.26. The third-order valence-corrected chi connectivity index (χ3v) is 10.9. The van der Waals surface area contributed by atoms with Crippen molar-refractivity contribution in [1.29, 1.82) is 0 Å². The largest absolute Gasteiger partial charge is 0.310 e. The molecule has 0 fully saturated rings. The molecule has 1 heterocycles. The van der Waals surface area contributed by atoms with Crippen LogP contribution in [-0.4, -0.2) is 0 Å². The van der Waals surface area contributed by atoms with Crippen LogP contribution in [0.15, 0.2) is 176 Å². The van der Waals surface area contributed by atoms with Crippen LogP contribution in [0.1, 0.15) is 0 Å². The lowest BCUT2D eigenvalue weighted by atomic mass is 9.96. The molecule has 0 N–H and O–H groups in total. The Morgan fingerprint density at radius 2 is 0.917 bits per heavy atom. The lowest BCUT2D eigenvalue weighted by molar-refractivity contribution is 1.31. The Labute approximate surface area is 282 Å². The van der Waals surface area contributed by atoms with Gasteiger partial charge in [-0.15, -0.1) is 11.3 Å². The summed E-state index contributed by atoms with van der Waals surface area (Å²) in [6, 6.07) is 64.5. The van der Waals surface area contributed by atoms with Crippen LogP contribution in [0.5, 0.6) is 0 Å². The Morgan fingerprint density at radius 3 is 1.73 bits per heavy atom. The van der Waals surface area contributed by atoms with E-state index < -0.39 is 0 Å². The molecule has 0 amide bonds. The van der Waals surface area contributed by atoms with Gasteiger partial charge in [-0.2, -0.15) is 0 Å². The maximum absolute atomic E-state index is 2.45. The molecule has 10 aromatic rings. The second-order valence-electron chi connectivity index (χ2n) is 12.5. The van der Waals surface area contributed by atoms with E-state index in [9.17, 15) is 0 Å². The van der Waals surface area contributed by atoms with Gasteiger partial charge in [0.25, 0.3) is 0 Å². The second-order valence-corrected chi connectivity index (χ2v) is 13.6. The van der Waals surface area contributed by atoms with Crippen LogP contribution in [0, 0.1) is 0 Å². The van der Waals surface area contributed by atoms with Gasteiger partial charge in [0, 0.05) is 36.9 Å². The monoisotopic (exact) mass is 627 g/mol. The predicted molar refractivity (Wildman–Crippen MR) is 209 cm³/mol. The predicted octanol–water partition coefficient (Wildman–Crippen LogP) is 13.8. The van der Waals surface area contributed by atoms with Crippen LogP contribution in [0.3, 0.4) is 0 Å². The summed E-state index contributed by atoms with van der Waals surface area (Å²) in [5.41, 5.74) is 5.88. The maximum atomic E-state index is 2.45. The summed E-state index contributed by atoms with van der Waals surface area (Å²) < 4.78 is 2.62. The van der Waals surface area contributed by atoms with Crippen molar-refractivity contribution in [3.63, 3.8) is 0 Å². The van der Waals surface area contributed by atoms with Crippen LogP contribution in [0.2, 0.25) is 0 Å². The fraction of sp³-hybridized carbons (Fsp3) is 0.